The number of carbonyl (C=O) groups is 1. The molecule has 60 valence electrons. The van der Waals surface area contributed by atoms with Crippen LogP contribution in [0, 0.1) is 6.92 Å². The zero-order valence-electron chi connectivity index (χ0n) is 6.57. The molecule has 2 rings (SSSR count). The van der Waals surface area contributed by atoms with Crippen molar-refractivity contribution >= 4 is 17.3 Å². The van der Waals surface area contributed by atoms with Gasteiger partial charge in [-0.1, -0.05) is 11.2 Å². The van der Waals surface area contributed by atoms with Gasteiger partial charge in [0.15, 0.2) is 5.58 Å². The highest BCUT2D eigenvalue weighted by Crippen LogP contribution is 2.17. The van der Waals surface area contributed by atoms with Gasteiger partial charge in [-0.15, -0.1) is 0 Å². The molecule has 0 unspecified atom stereocenters. The van der Waals surface area contributed by atoms with Crippen LogP contribution in [-0.2, 0) is 0 Å². The van der Waals surface area contributed by atoms with E-state index in [-0.39, 0.29) is 0 Å². The Kier molecular flexibility index (Phi) is 1.43. The molecule has 1 aromatic carbocycles. The van der Waals surface area contributed by atoms with E-state index < -0.39 is 0 Å². The maximum Gasteiger partial charge on any atom is 0.167 e. The Hall–Kier alpha value is -1.64. The minimum absolute atomic E-state index is 0.610. The van der Waals surface area contributed by atoms with Crippen molar-refractivity contribution in [2.45, 2.75) is 6.92 Å². The summed E-state index contributed by atoms with van der Waals surface area (Å²) < 4.78 is 4.98. The number of fused-ring (bicyclic) bond motifs is 1. The number of carbonyl (C=O) groups excluding carboxylic acids is 1. The van der Waals surface area contributed by atoms with Crippen LogP contribution in [-0.4, -0.2) is 11.4 Å². The predicted octanol–water partition coefficient (Wildman–Crippen LogP) is 1.95. The monoisotopic (exact) mass is 161 g/mol. The van der Waals surface area contributed by atoms with Gasteiger partial charge in [-0.3, -0.25) is 4.79 Å². The van der Waals surface area contributed by atoms with Crippen molar-refractivity contribution in [2.24, 2.45) is 0 Å². The van der Waals surface area contributed by atoms with Crippen molar-refractivity contribution in [3.63, 3.8) is 0 Å². The Morgan fingerprint density at radius 3 is 3.08 bits per heavy atom. The Bertz CT molecular complexity index is 431. The third-order valence-corrected chi connectivity index (χ3v) is 1.81. The van der Waals surface area contributed by atoms with Gasteiger partial charge in [-0.25, -0.2) is 0 Å². The van der Waals surface area contributed by atoms with Crippen molar-refractivity contribution in [3.8, 4) is 0 Å². The second-order valence-corrected chi connectivity index (χ2v) is 2.64. The largest absolute Gasteiger partial charge is 0.356 e. The maximum absolute atomic E-state index is 10.4. The summed E-state index contributed by atoms with van der Waals surface area (Å²) in [6, 6.07) is 5.27. The van der Waals surface area contributed by atoms with Gasteiger partial charge in [-0.2, -0.15) is 0 Å². The molecular formula is C9H7NO2. The normalized spacial score (nSPS) is 10.4. The molecule has 0 amide bonds. The zero-order chi connectivity index (χ0) is 8.55. The number of benzene rings is 1. The van der Waals surface area contributed by atoms with Crippen LogP contribution >= 0.6 is 0 Å². The standard InChI is InChI=1S/C9H7NO2/c1-6-8-3-2-7(5-11)4-9(8)12-10-6/h2-5H,1H3. The van der Waals surface area contributed by atoms with Gasteiger partial charge >= 0.3 is 0 Å². The van der Waals surface area contributed by atoms with E-state index in [1.54, 1.807) is 12.1 Å². The second-order valence-electron chi connectivity index (χ2n) is 2.64. The molecule has 2 aromatic rings. The number of aldehydes is 1. The number of rotatable bonds is 1. The molecule has 0 atom stereocenters. The highest BCUT2D eigenvalue weighted by atomic mass is 16.5. The first-order valence-electron chi connectivity index (χ1n) is 3.62. The molecule has 0 aliphatic carbocycles. The molecule has 0 bridgehead atoms. The number of hydrogen-bond donors (Lipinski definition) is 0. The predicted molar refractivity (Wildman–Crippen MR) is 44.1 cm³/mol. The molecule has 0 aliphatic heterocycles. The van der Waals surface area contributed by atoms with Gasteiger partial charge in [0, 0.05) is 10.9 Å². The highest BCUT2D eigenvalue weighted by molar-refractivity contribution is 5.86. The van der Waals surface area contributed by atoms with Crippen LogP contribution in [0.25, 0.3) is 11.0 Å². The van der Waals surface area contributed by atoms with Crippen LogP contribution in [0.4, 0.5) is 0 Å². The topological polar surface area (TPSA) is 43.1 Å². The third kappa shape index (κ3) is 0.906. The molecule has 0 N–H and O–H groups in total. The van der Waals surface area contributed by atoms with Crippen LogP contribution in [0.3, 0.4) is 0 Å². The molecule has 0 saturated heterocycles. The number of aryl methyl sites for hydroxylation is 1. The van der Waals surface area contributed by atoms with Gasteiger partial charge in [0.05, 0.1) is 5.69 Å². The second kappa shape index (κ2) is 2.44. The molecule has 12 heavy (non-hydrogen) atoms. The lowest BCUT2D eigenvalue weighted by Crippen LogP contribution is -1.77. The van der Waals surface area contributed by atoms with Crippen molar-refractivity contribution in [3.05, 3.63) is 29.5 Å². The minimum Gasteiger partial charge on any atom is -0.356 e. The van der Waals surface area contributed by atoms with Gasteiger partial charge in [0.2, 0.25) is 0 Å². The van der Waals surface area contributed by atoms with E-state index in [1.807, 2.05) is 13.0 Å². The fraction of sp³-hybridized carbons (Fsp3) is 0.111. The molecule has 3 heteroatoms. The average Bonchev–Trinajstić information content (AvgIpc) is 2.47. The van der Waals surface area contributed by atoms with Gasteiger partial charge in [0.25, 0.3) is 0 Å². The summed E-state index contributed by atoms with van der Waals surface area (Å²) in [6.45, 7) is 1.87. The van der Waals surface area contributed by atoms with Crippen molar-refractivity contribution in [1.82, 2.24) is 5.16 Å². The molecular weight excluding hydrogens is 154 g/mol. The Morgan fingerprint density at radius 1 is 1.50 bits per heavy atom. The molecule has 0 fully saturated rings. The molecule has 0 saturated carbocycles. The molecule has 0 radical (unpaired) electrons. The van der Waals surface area contributed by atoms with Gasteiger partial charge < -0.3 is 4.52 Å². The molecule has 0 spiro atoms. The summed E-state index contributed by atoms with van der Waals surface area (Å²) in [5, 5.41) is 4.74. The van der Waals surface area contributed by atoms with E-state index in [1.165, 1.54) is 0 Å². The van der Waals surface area contributed by atoms with Gasteiger partial charge in [0.1, 0.15) is 6.29 Å². The first kappa shape index (κ1) is 7.03. The van der Waals surface area contributed by atoms with E-state index in [0.29, 0.717) is 11.1 Å². The summed E-state index contributed by atoms with van der Waals surface area (Å²) >= 11 is 0. The van der Waals surface area contributed by atoms with Gasteiger partial charge in [-0.05, 0) is 19.1 Å². The molecule has 1 aromatic heterocycles. The fourth-order valence-corrected chi connectivity index (χ4v) is 1.15. The van der Waals surface area contributed by atoms with E-state index in [0.717, 1.165) is 17.4 Å². The zero-order valence-corrected chi connectivity index (χ0v) is 6.57. The van der Waals surface area contributed by atoms with E-state index in [2.05, 4.69) is 5.16 Å². The third-order valence-electron chi connectivity index (χ3n) is 1.81. The van der Waals surface area contributed by atoms with E-state index in [4.69, 9.17) is 4.52 Å². The van der Waals surface area contributed by atoms with Crippen molar-refractivity contribution in [2.75, 3.05) is 0 Å². The first-order chi connectivity index (χ1) is 5.81. The lowest BCUT2D eigenvalue weighted by atomic mass is 10.1. The summed E-state index contributed by atoms with van der Waals surface area (Å²) in [4.78, 5) is 10.4. The summed E-state index contributed by atoms with van der Waals surface area (Å²) in [7, 11) is 0. The quantitative estimate of drug-likeness (QED) is 0.600. The number of hydrogen-bond acceptors (Lipinski definition) is 3. The minimum atomic E-state index is 0.610. The smallest absolute Gasteiger partial charge is 0.167 e. The van der Waals surface area contributed by atoms with Crippen LogP contribution in [0.5, 0.6) is 0 Å². The Labute approximate surface area is 69.0 Å². The maximum atomic E-state index is 10.4. The van der Waals surface area contributed by atoms with Crippen LogP contribution in [0.1, 0.15) is 16.1 Å². The van der Waals surface area contributed by atoms with Crippen molar-refractivity contribution < 1.29 is 9.32 Å². The lowest BCUT2D eigenvalue weighted by Gasteiger charge is -1.88. The first-order valence-corrected chi connectivity index (χ1v) is 3.62. The summed E-state index contributed by atoms with van der Waals surface area (Å²) in [6.07, 6.45) is 0.789. The SMILES string of the molecule is Cc1noc2cc(C=O)ccc12. The number of aromatic nitrogens is 1. The average molecular weight is 161 g/mol. The Morgan fingerprint density at radius 2 is 2.33 bits per heavy atom. The summed E-state index contributed by atoms with van der Waals surface area (Å²) in [5.74, 6) is 0. The molecule has 3 nitrogen and oxygen atoms in total. The fourth-order valence-electron chi connectivity index (χ4n) is 1.15. The molecule has 0 aliphatic rings. The van der Waals surface area contributed by atoms with Crippen LogP contribution in [0.15, 0.2) is 22.7 Å². The van der Waals surface area contributed by atoms with E-state index >= 15 is 0 Å². The summed E-state index contributed by atoms with van der Waals surface area (Å²) in [5.41, 5.74) is 2.12. The number of nitrogens with zero attached hydrogens (tertiary/aromatic N) is 1. The van der Waals surface area contributed by atoms with Crippen molar-refractivity contribution in [1.29, 1.82) is 0 Å². The van der Waals surface area contributed by atoms with Crippen LogP contribution in [0.2, 0.25) is 0 Å². The lowest BCUT2D eigenvalue weighted by molar-refractivity contribution is 0.112. The van der Waals surface area contributed by atoms with Crippen LogP contribution < -0.4 is 0 Å². The highest BCUT2D eigenvalue weighted by Gasteiger charge is 2.03. The van der Waals surface area contributed by atoms with E-state index in [9.17, 15) is 4.79 Å². The Balaban J connectivity index is 2.77. The molecule has 1 heterocycles.